The Balaban J connectivity index is 1.31. The number of hydrogen-bond donors (Lipinski definition) is 0. The van der Waals surface area contributed by atoms with Crippen molar-refractivity contribution in [2.75, 3.05) is 0 Å². The highest BCUT2D eigenvalue weighted by molar-refractivity contribution is 5.26. The molecule has 0 amide bonds. The summed E-state index contributed by atoms with van der Waals surface area (Å²) < 4.78 is 2.32. The topological polar surface area (TPSA) is 27.7 Å². The number of fused-ring (bicyclic) bond motifs is 5. The summed E-state index contributed by atoms with van der Waals surface area (Å²) >= 11 is 0. The molecule has 3 fully saturated rings. The molecule has 8 unspecified atom stereocenters. The predicted octanol–water partition coefficient (Wildman–Crippen LogP) is 8.43. The van der Waals surface area contributed by atoms with Crippen molar-refractivity contribution in [2.24, 2.45) is 46.3 Å². The molecule has 190 valence electrons. The number of aromatic nitrogens is 1. The van der Waals surface area contributed by atoms with Crippen molar-refractivity contribution in [3.8, 4) is 6.07 Å². The SMILES string of the molecule is CC(C)CCCC(C)C1CCC2C3CC=C4CC([n+]5cccc(C#N)c5)CCC4(C)C3CCC12C. The summed E-state index contributed by atoms with van der Waals surface area (Å²) in [6, 6.07) is 6.80. The van der Waals surface area contributed by atoms with Gasteiger partial charge in [-0.3, -0.25) is 0 Å². The minimum Gasteiger partial charge on any atom is -0.201 e. The van der Waals surface area contributed by atoms with Gasteiger partial charge in [-0.1, -0.05) is 65.5 Å². The van der Waals surface area contributed by atoms with Crippen LogP contribution in [-0.4, -0.2) is 0 Å². The van der Waals surface area contributed by atoms with Gasteiger partial charge in [0.05, 0.1) is 0 Å². The van der Waals surface area contributed by atoms with Crippen LogP contribution in [0.1, 0.15) is 117 Å². The molecule has 0 bridgehead atoms. The van der Waals surface area contributed by atoms with Gasteiger partial charge in [0.15, 0.2) is 18.4 Å². The van der Waals surface area contributed by atoms with Crippen molar-refractivity contribution in [3.63, 3.8) is 0 Å². The summed E-state index contributed by atoms with van der Waals surface area (Å²) in [5.74, 6) is 5.40. The van der Waals surface area contributed by atoms with Crippen molar-refractivity contribution in [1.29, 1.82) is 5.26 Å². The van der Waals surface area contributed by atoms with E-state index in [9.17, 15) is 5.26 Å². The fourth-order valence-corrected chi connectivity index (χ4v) is 9.71. The van der Waals surface area contributed by atoms with E-state index in [1.807, 2.05) is 12.1 Å². The molecule has 0 aliphatic heterocycles. The van der Waals surface area contributed by atoms with E-state index in [2.05, 4.69) is 63.7 Å². The quantitative estimate of drug-likeness (QED) is 0.301. The van der Waals surface area contributed by atoms with Crippen LogP contribution in [0.5, 0.6) is 0 Å². The van der Waals surface area contributed by atoms with E-state index >= 15 is 0 Å². The zero-order valence-electron chi connectivity index (χ0n) is 23.1. The lowest BCUT2D eigenvalue weighted by atomic mass is 9.47. The number of pyridine rings is 1. The number of hydrogen-bond acceptors (Lipinski definition) is 1. The Kier molecular flexibility index (Phi) is 6.93. The molecule has 4 aliphatic rings. The molecule has 0 N–H and O–H groups in total. The first-order chi connectivity index (χ1) is 16.8. The largest absolute Gasteiger partial charge is 0.201 e. The van der Waals surface area contributed by atoms with Crippen molar-refractivity contribution in [3.05, 3.63) is 41.7 Å². The lowest BCUT2D eigenvalue weighted by molar-refractivity contribution is -0.725. The minimum absolute atomic E-state index is 0.398. The van der Waals surface area contributed by atoms with E-state index in [4.69, 9.17) is 0 Å². The van der Waals surface area contributed by atoms with E-state index in [1.54, 1.807) is 5.57 Å². The standard InChI is InChI=1S/C33H49N2/c1-23(2)8-6-9-24(3)29-13-14-30-28-12-11-26-20-27(35-19-7-10-25(21-34)22-35)15-17-32(26,4)31(28)16-18-33(29,30)5/h7,10-11,19,22-24,27-31H,6,8-9,12-18,20H2,1-5H3/q+1. The lowest BCUT2D eigenvalue weighted by Gasteiger charge is -2.58. The molecule has 8 atom stereocenters. The van der Waals surface area contributed by atoms with Crippen LogP contribution in [-0.2, 0) is 0 Å². The summed E-state index contributed by atoms with van der Waals surface area (Å²) in [4.78, 5) is 0. The zero-order chi connectivity index (χ0) is 24.8. The van der Waals surface area contributed by atoms with Gasteiger partial charge in [0, 0.05) is 18.9 Å². The Morgan fingerprint density at radius 1 is 1.06 bits per heavy atom. The maximum absolute atomic E-state index is 9.36. The van der Waals surface area contributed by atoms with Gasteiger partial charge < -0.3 is 0 Å². The van der Waals surface area contributed by atoms with Crippen LogP contribution in [0.4, 0.5) is 0 Å². The molecule has 1 aromatic heterocycles. The smallest absolute Gasteiger partial charge is 0.186 e. The van der Waals surface area contributed by atoms with Gasteiger partial charge in [0.1, 0.15) is 11.6 Å². The van der Waals surface area contributed by atoms with E-state index in [0.717, 1.165) is 41.1 Å². The molecule has 0 radical (unpaired) electrons. The molecule has 0 saturated heterocycles. The molecule has 0 spiro atoms. The van der Waals surface area contributed by atoms with Crippen molar-refractivity contribution >= 4 is 0 Å². The van der Waals surface area contributed by atoms with Crippen molar-refractivity contribution in [2.45, 2.75) is 111 Å². The summed E-state index contributed by atoms with van der Waals surface area (Å²) in [5.41, 5.74) is 3.49. The number of nitrogens with zero attached hydrogens (tertiary/aromatic N) is 2. The third-order valence-electron chi connectivity index (χ3n) is 11.7. The van der Waals surface area contributed by atoms with Crippen LogP contribution in [0.3, 0.4) is 0 Å². The van der Waals surface area contributed by atoms with Crippen LogP contribution in [0, 0.1) is 57.7 Å². The highest BCUT2D eigenvalue weighted by Crippen LogP contribution is 2.67. The molecule has 35 heavy (non-hydrogen) atoms. The van der Waals surface area contributed by atoms with Gasteiger partial charge in [-0.15, -0.1) is 0 Å². The Labute approximate surface area is 215 Å². The van der Waals surface area contributed by atoms with Gasteiger partial charge in [-0.25, -0.2) is 4.57 Å². The molecule has 1 heterocycles. The maximum atomic E-state index is 9.36. The number of allylic oxidation sites excluding steroid dienone is 2. The summed E-state index contributed by atoms with van der Waals surface area (Å²) in [6.07, 6.45) is 22.1. The second kappa shape index (κ2) is 9.68. The molecule has 0 aromatic carbocycles. The van der Waals surface area contributed by atoms with Gasteiger partial charge in [0.25, 0.3) is 0 Å². The molecule has 2 nitrogen and oxygen atoms in total. The van der Waals surface area contributed by atoms with Crippen LogP contribution < -0.4 is 4.57 Å². The Morgan fingerprint density at radius 2 is 1.89 bits per heavy atom. The molecule has 5 rings (SSSR count). The molecular weight excluding hydrogens is 424 g/mol. The van der Waals surface area contributed by atoms with Crippen LogP contribution in [0.15, 0.2) is 36.2 Å². The van der Waals surface area contributed by atoms with Gasteiger partial charge in [-0.2, -0.15) is 5.26 Å². The highest BCUT2D eigenvalue weighted by Gasteiger charge is 2.59. The normalized spacial score (nSPS) is 39.2. The first kappa shape index (κ1) is 25.0. The van der Waals surface area contributed by atoms with Crippen molar-refractivity contribution in [1.82, 2.24) is 0 Å². The highest BCUT2D eigenvalue weighted by atomic mass is 15.0. The van der Waals surface area contributed by atoms with E-state index in [-0.39, 0.29) is 0 Å². The average Bonchev–Trinajstić information content (AvgIpc) is 3.20. The van der Waals surface area contributed by atoms with Gasteiger partial charge in [0.2, 0.25) is 0 Å². The first-order valence-corrected chi connectivity index (χ1v) is 14.9. The summed E-state index contributed by atoms with van der Waals surface area (Å²) in [7, 11) is 0. The number of rotatable bonds is 6. The third-order valence-corrected chi connectivity index (χ3v) is 11.7. The van der Waals surface area contributed by atoms with Crippen molar-refractivity contribution < 1.29 is 4.57 Å². The van der Waals surface area contributed by atoms with Gasteiger partial charge >= 0.3 is 0 Å². The Bertz CT molecular complexity index is 985. The number of nitriles is 1. The Hall–Kier alpha value is -1.62. The monoisotopic (exact) mass is 473 g/mol. The molecule has 2 heteroatoms. The Morgan fingerprint density at radius 3 is 2.66 bits per heavy atom. The van der Waals surface area contributed by atoms with Crippen LogP contribution in [0.2, 0.25) is 0 Å². The lowest BCUT2D eigenvalue weighted by Crippen LogP contribution is -2.52. The van der Waals surface area contributed by atoms with E-state index < -0.39 is 0 Å². The first-order valence-electron chi connectivity index (χ1n) is 14.9. The molecular formula is C33H49N2+. The predicted molar refractivity (Wildman–Crippen MR) is 143 cm³/mol. The van der Waals surface area contributed by atoms with Gasteiger partial charge in [-0.05, 0) is 90.9 Å². The second-order valence-corrected chi connectivity index (χ2v) is 13.8. The molecule has 1 aromatic rings. The van der Waals surface area contributed by atoms with Crippen LogP contribution in [0.25, 0.3) is 0 Å². The fraction of sp³-hybridized carbons (Fsp3) is 0.758. The van der Waals surface area contributed by atoms with E-state index in [0.29, 0.717) is 16.9 Å². The summed E-state index contributed by atoms with van der Waals surface area (Å²) in [6.45, 7) is 12.7. The van der Waals surface area contributed by atoms with Crippen LogP contribution >= 0.6 is 0 Å². The molecule has 4 aliphatic carbocycles. The zero-order valence-corrected chi connectivity index (χ0v) is 23.1. The van der Waals surface area contributed by atoms with E-state index in [1.165, 1.54) is 70.6 Å². The minimum atomic E-state index is 0.398. The average molecular weight is 474 g/mol. The third kappa shape index (κ3) is 4.40. The fourth-order valence-electron chi connectivity index (χ4n) is 9.71. The second-order valence-electron chi connectivity index (χ2n) is 13.8. The molecule has 3 saturated carbocycles. The maximum Gasteiger partial charge on any atom is 0.186 e. The summed E-state index contributed by atoms with van der Waals surface area (Å²) in [5, 5.41) is 9.36.